The second kappa shape index (κ2) is 4.33. The Morgan fingerprint density at radius 3 is 2.46 bits per heavy atom. The topological polar surface area (TPSA) is 26.0 Å². The highest BCUT2D eigenvalue weighted by atomic mass is 19.3. The highest BCUT2D eigenvalue weighted by molar-refractivity contribution is 5.29. The molecule has 0 amide bonds. The van der Waals surface area contributed by atoms with Crippen LogP contribution >= 0.6 is 0 Å². The van der Waals surface area contributed by atoms with E-state index in [1.54, 1.807) is 25.1 Å². The van der Waals surface area contributed by atoms with Gasteiger partial charge in [0.1, 0.15) is 0 Å². The number of benzene rings is 1. The zero-order valence-corrected chi connectivity index (χ0v) is 7.50. The van der Waals surface area contributed by atoms with Crippen molar-refractivity contribution in [1.82, 2.24) is 0 Å². The summed E-state index contributed by atoms with van der Waals surface area (Å²) in [5.74, 6) is 0. The lowest BCUT2D eigenvalue weighted by Crippen LogP contribution is -2.10. The van der Waals surface area contributed by atoms with Crippen LogP contribution in [0, 0.1) is 0 Å². The van der Waals surface area contributed by atoms with Gasteiger partial charge in [-0.25, -0.2) is 8.78 Å². The molecule has 0 aliphatic carbocycles. The van der Waals surface area contributed by atoms with Crippen LogP contribution in [0.4, 0.5) is 8.78 Å². The minimum Gasteiger partial charge on any atom is -0.324 e. The Morgan fingerprint density at radius 1 is 1.31 bits per heavy atom. The number of alkyl halides is 2. The quantitative estimate of drug-likeness (QED) is 0.769. The molecule has 1 aromatic carbocycles. The fourth-order valence-electron chi connectivity index (χ4n) is 1.33. The van der Waals surface area contributed by atoms with Crippen molar-refractivity contribution < 1.29 is 8.78 Å². The van der Waals surface area contributed by atoms with Crippen molar-refractivity contribution in [1.29, 1.82) is 0 Å². The molecule has 0 aromatic heterocycles. The summed E-state index contributed by atoms with van der Waals surface area (Å²) in [6.07, 6.45) is -2.52. The monoisotopic (exact) mass is 185 g/mol. The predicted octanol–water partition coefficient (Wildman–Crippen LogP) is 2.51. The van der Waals surface area contributed by atoms with Gasteiger partial charge in [0, 0.05) is 12.5 Å². The zero-order chi connectivity index (χ0) is 9.84. The van der Waals surface area contributed by atoms with Gasteiger partial charge in [0.05, 0.1) is 0 Å². The fraction of sp³-hybridized carbons (Fsp3) is 0.400. The molecule has 3 heteroatoms. The molecule has 1 rings (SSSR count). The van der Waals surface area contributed by atoms with Gasteiger partial charge in [0.25, 0.3) is 0 Å². The third kappa shape index (κ3) is 2.77. The number of hydrogen-bond acceptors (Lipinski definition) is 1. The van der Waals surface area contributed by atoms with Crippen LogP contribution in [-0.2, 0) is 6.42 Å². The van der Waals surface area contributed by atoms with Gasteiger partial charge in [-0.1, -0.05) is 24.3 Å². The zero-order valence-electron chi connectivity index (χ0n) is 7.50. The minimum absolute atomic E-state index is 0.185. The SMILES string of the molecule is CC(N)c1ccccc1CC(F)F. The summed E-state index contributed by atoms with van der Waals surface area (Å²) in [5.41, 5.74) is 7.10. The summed E-state index contributed by atoms with van der Waals surface area (Å²) in [6.45, 7) is 1.80. The molecule has 0 saturated carbocycles. The Morgan fingerprint density at radius 2 is 1.92 bits per heavy atom. The van der Waals surface area contributed by atoms with E-state index in [9.17, 15) is 8.78 Å². The predicted molar refractivity (Wildman–Crippen MR) is 48.8 cm³/mol. The average Bonchev–Trinajstić information content (AvgIpc) is 2.03. The van der Waals surface area contributed by atoms with Gasteiger partial charge in [-0.2, -0.15) is 0 Å². The molecule has 1 nitrogen and oxygen atoms in total. The van der Waals surface area contributed by atoms with Crippen LogP contribution in [0.25, 0.3) is 0 Å². The van der Waals surface area contributed by atoms with Gasteiger partial charge >= 0.3 is 0 Å². The van der Waals surface area contributed by atoms with Crippen molar-refractivity contribution in [2.24, 2.45) is 5.73 Å². The van der Waals surface area contributed by atoms with E-state index in [-0.39, 0.29) is 12.5 Å². The van der Waals surface area contributed by atoms with E-state index in [0.29, 0.717) is 5.56 Å². The molecule has 0 spiro atoms. The number of rotatable bonds is 3. The second-order valence-corrected chi connectivity index (χ2v) is 3.08. The number of hydrogen-bond donors (Lipinski definition) is 1. The Labute approximate surface area is 76.6 Å². The van der Waals surface area contributed by atoms with Gasteiger partial charge in [-0.05, 0) is 18.1 Å². The van der Waals surface area contributed by atoms with Crippen molar-refractivity contribution >= 4 is 0 Å². The van der Waals surface area contributed by atoms with E-state index in [0.717, 1.165) is 5.56 Å². The highest BCUT2D eigenvalue weighted by Crippen LogP contribution is 2.18. The van der Waals surface area contributed by atoms with Crippen molar-refractivity contribution in [3.05, 3.63) is 35.4 Å². The third-order valence-electron chi connectivity index (χ3n) is 1.92. The number of nitrogens with two attached hydrogens (primary N) is 1. The first kappa shape index (κ1) is 10.1. The molecule has 0 saturated heterocycles. The molecule has 0 radical (unpaired) electrons. The molecular weight excluding hydrogens is 172 g/mol. The fourth-order valence-corrected chi connectivity index (χ4v) is 1.33. The van der Waals surface area contributed by atoms with Crippen LogP contribution in [0.3, 0.4) is 0 Å². The number of halogens is 2. The van der Waals surface area contributed by atoms with Crippen molar-refractivity contribution in [2.75, 3.05) is 0 Å². The first-order valence-corrected chi connectivity index (χ1v) is 4.22. The molecule has 2 N–H and O–H groups in total. The lowest BCUT2D eigenvalue weighted by atomic mass is 10.00. The first-order chi connectivity index (χ1) is 6.11. The molecule has 13 heavy (non-hydrogen) atoms. The van der Waals surface area contributed by atoms with E-state index in [1.165, 1.54) is 0 Å². The average molecular weight is 185 g/mol. The Balaban J connectivity index is 2.91. The summed E-state index contributed by atoms with van der Waals surface area (Å²) >= 11 is 0. The van der Waals surface area contributed by atoms with Crippen LogP contribution in [0.5, 0.6) is 0 Å². The van der Waals surface area contributed by atoms with Crippen molar-refractivity contribution in [3.8, 4) is 0 Å². The molecular formula is C10H13F2N. The molecule has 0 bridgehead atoms. The minimum atomic E-state index is -2.31. The normalized spacial score (nSPS) is 13.3. The van der Waals surface area contributed by atoms with E-state index in [4.69, 9.17) is 5.73 Å². The summed E-state index contributed by atoms with van der Waals surface area (Å²) in [5, 5.41) is 0. The standard InChI is InChI=1S/C10H13F2N/c1-7(13)9-5-3-2-4-8(9)6-10(11)12/h2-5,7,10H,6,13H2,1H3. The molecule has 72 valence electrons. The first-order valence-electron chi connectivity index (χ1n) is 4.22. The molecule has 1 atom stereocenters. The molecule has 1 unspecified atom stereocenters. The van der Waals surface area contributed by atoms with Gasteiger partial charge in [0.15, 0.2) is 0 Å². The maximum absolute atomic E-state index is 12.1. The largest absolute Gasteiger partial charge is 0.324 e. The third-order valence-corrected chi connectivity index (χ3v) is 1.92. The van der Waals surface area contributed by atoms with Crippen LogP contribution in [-0.4, -0.2) is 6.43 Å². The maximum atomic E-state index is 12.1. The highest BCUT2D eigenvalue weighted by Gasteiger charge is 2.10. The van der Waals surface area contributed by atoms with Crippen molar-refractivity contribution in [3.63, 3.8) is 0 Å². The smallest absolute Gasteiger partial charge is 0.242 e. The molecule has 1 aromatic rings. The van der Waals surface area contributed by atoms with E-state index < -0.39 is 6.43 Å². The van der Waals surface area contributed by atoms with Crippen LogP contribution in [0.2, 0.25) is 0 Å². The van der Waals surface area contributed by atoms with Gasteiger partial charge in [0.2, 0.25) is 6.43 Å². The Kier molecular flexibility index (Phi) is 3.37. The van der Waals surface area contributed by atoms with Crippen LogP contribution < -0.4 is 5.73 Å². The summed E-state index contributed by atoms with van der Waals surface area (Å²) < 4.78 is 24.2. The van der Waals surface area contributed by atoms with E-state index in [1.807, 2.05) is 6.07 Å². The Hall–Kier alpha value is -0.960. The second-order valence-electron chi connectivity index (χ2n) is 3.08. The summed E-state index contributed by atoms with van der Waals surface area (Å²) in [7, 11) is 0. The lowest BCUT2D eigenvalue weighted by Gasteiger charge is -2.11. The van der Waals surface area contributed by atoms with E-state index in [2.05, 4.69) is 0 Å². The maximum Gasteiger partial charge on any atom is 0.242 e. The summed E-state index contributed by atoms with van der Waals surface area (Å²) in [4.78, 5) is 0. The molecule has 0 heterocycles. The van der Waals surface area contributed by atoms with Gasteiger partial charge in [-0.15, -0.1) is 0 Å². The lowest BCUT2D eigenvalue weighted by molar-refractivity contribution is 0.148. The molecule has 0 fully saturated rings. The van der Waals surface area contributed by atoms with Crippen LogP contribution in [0.15, 0.2) is 24.3 Å². The summed E-state index contributed by atoms with van der Waals surface area (Å²) in [6, 6.07) is 6.87. The van der Waals surface area contributed by atoms with Gasteiger partial charge in [-0.3, -0.25) is 0 Å². The van der Waals surface area contributed by atoms with Gasteiger partial charge < -0.3 is 5.73 Å². The van der Waals surface area contributed by atoms with Crippen LogP contribution in [0.1, 0.15) is 24.1 Å². The molecule has 0 aliphatic heterocycles. The van der Waals surface area contributed by atoms with Crippen molar-refractivity contribution in [2.45, 2.75) is 25.8 Å². The molecule has 0 aliphatic rings. The Bertz CT molecular complexity index is 271. The van der Waals surface area contributed by atoms with E-state index >= 15 is 0 Å².